The van der Waals surface area contributed by atoms with Crippen LogP contribution in [-0.4, -0.2) is 20.5 Å². The van der Waals surface area contributed by atoms with Crippen molar-refractivity contribution < 1.29 is 4.79 Å². The second-order valence-corrected chi connectivity index (χ2v) is 4.36. The molecule has 0 aliphatic rings. The van der Waals surface area contributed by atoms with E-state index in [1.165, 1.54) is 0 Å². The third kappa shape index (κ3) is 2.21. The molecule has 0 radical (unpaired) electrons. The molecule has 0 aromatic carbocycles. The van der Waals surface area contributed by atoms with Crippen molar-refractivity contribution in [3.63, 3.8) is 0 Å². The second kappa shape index (κ2) is 4.67. The fourth-order valence-electron chi connectivity index (χ4n) is 1.55. The maximum absolute atomic E-state index is 12.3. The number of nitrogen functional groups attached to an aromatic ring is 1. The number of ketones is 1. The Kier molecular flexibility index (Phi) is 3.23. The molecule has 88 valence electrons. The smallest absolute Gasteiger partial charge is 0.214 e. The van der Waals surface area contributed by atoms with E-state index in [9.17, 15) is 4.79 Å². The van der Waals surface area contributed by atoms with Gasteiger partial charge in [-0.05, 0) is 35.0 Å². The van der Waals surface area contributed by atoms with Gasteiger partial charge in [0.25, 0.3) is 0 Å². The van der Waals surface area contributed by atoms with E-state index >= 15 is 0 Å². The third-order valence-corrected chi connectivity index (χ3v) is 2.81. The standard InChI is InChI=1S/C11H11BrN4O/c1-2-16-9(3-4-15-16)10(17)8-5-7(12)6-14-11(8)13/h3-6H,2H2,1H3,(H2,13,14). The minimum atomic E-state index is -0.171. The Morgan fingerprint density at radius 2 is 2.35 bits per heavy atom. The van der Waals surface area contributed by atoms with Gasteiger partial charge in [-0.3, -0.25) is 9.48 Å². The first-order chi connectivity index (χ1) is 8.13. The van der Waals surface area contributed by atoms with Gasteiger partial charge in [0.1, 0.15) is 11.5 Å². The van der Waals surface area contributed by atoms with Gasteiger partial charge in [-0.15, -0.1) is 0 Å². The van der Waals surface area contributed by atoms with E-state index in [0.717, 1.165) is 4.47 Å². The highest BCUT2D eigenvalue weighted by molar-refractivity contribution is 9.10. The first-order valence-corrected chi connectivity index (χ1v) is 5.90. The van der Waals surface area contributed by atoms with Crippen LogP contribution >= 0.6 is 15.9 Å². The molecule has 0 spiro atoms. The number of anilines is 1. The summed E-state index contributed by atoms with van der Waals surface area (Å²) < 4.78 is 2.35. The maximum Gasteiger partial charge on any atom is 0.214 e. The summed E-state index contributed by atoms with van der Waals surface area (Å²) in [4.78, 5) is 16.2. The largest absolute Gasteiger partial charge is 0.383 e. The summed E-state index contributed by atoms with van der Waals surface area (Å²) in [5.74, 6) is 0.0534. The zero-order valence-corrected chi connectivity index (χ0v) is 10.8. The van der Waals surface area contributed by atoms with Crippen LogP contribution in [0.1, 0.15) is 23.0 Å². The number of pyridine rings is 1. The highest BCUT2D eigenvalue weighted by Gasteiger charge is 2.17. The molecule has 2 heterocycles. The number of aromatic nitrogens is 3. The van der Waals surface area contributed by atoms with Gasteiger partial charge >= 0.3 is 0 Å². The molecule has 2 aromatic heterocycles. The number of hydrogen-bond donors (Lipinski definition) is 1. The number of carbonyl (C=O) groups is 1. The molecule has 0 saturated carbocycles. The summed E-state index contributed by atoms with van der Waals surface area (Å²) in [5.41, 5.74) is 6.60. The van der Waals surface area contributed by atoms with E-state index in [-0.39, 0.29) is 11.6 Å². The van der Waals surface area contributed by atoms with Gasteiger partial charge in [0.05, 0.1) is 5.56 Å². The average molecular weight is 295 g/mol. The number of aryl methyl sites for hydroxylation is 1. The molecule has 6 heteroatoms. The first kappa shape index (κ1) is 11.8. The number of nitrogens with two attached hydrogens (primary N) is 1. The summed E-state index contributed by atoms with van der Waals surface area (Å²) in [5, 5.41) is 4.06. The van der Waals surface area contributed by atoms with Crippen molar-refractivity contribution in [1.82, 2.24) is 14.8 Å². The molecule has 0 unspecified atom stereocenters. The Morgan fingerprint density at radius 1 is 1.59 bits per heavy atom. The molecule has 0 atom stereocenters. The molecule has 0 bridgehead atoms. The minimum absolute atomic E-state index is 0.171. The van der Waals surface area contributed by atoms with Gasteiger partial charge in [0, 0.05) is 23.4 Å². The SMILES string of the molecule is CCn1nccc1C(=O)c1cc(Br)cnc1N. The van der Waals surface area contributed by atoms with Crippen LogP contribution in [0.2, 0.25) is 0 Å². The summed E-state index contributed by atoms with van der Waals surface area (Å²) in [6.07, 6.45) is 3.15. The van der Waals surface area contributed by atoms with E-state index < -0.39 is 0 Å². The van der Waals surface area contributed by atoms with Crippen LogP contribution in [0.15, 0.2) is 29.0 Å². The molecule has 0 saturated heterocycles. The van der Waals surface area contributed by atoms with Gasteiger partial charge in [-0.2, -0.15) is 5.10 Å². The van der Waals surface area contributed by atoms with E-state index in [0.29, 0.717) is 17.8 Å². The van der Waals surface area contributed by atoms with Crippen LogP contribution in [0.25, 0.3) is 0 Å². The van der Waals surface area contributed by atoms with Crippen molar-refractivity contribution in [2.45, 2.75) is 13.5 Å². The van der Waals surface area contributed by atoms with Crippen molar-refractivity contribution in [3.05, 3.63) is 40.3 Å². The predicted molar refractivity (Wildman–Crippen MR) is 67.7 cm³/mol. The number of nitrogens with zero attached hydrogens (tertiary/aromatic N) is 3. The monoisotopic (exact) mass is 294 g/mol. The van der Waals surface area contributed by atoms with E-state index in [2.05, 4.69) is 26.0 Å². The fraction of sp³-hybridized carbons (Fsp3) is 0.182. The lowest BCUT2D eigenvalue weighted by Crippen LogP contribution is -2.13. The van der Waals surface area contributed by atoms with Crippen molar-refractivity contribution >= 4 is 27.5 Å². The number of hydrogen-bond acceptors (Lipinski definition) is 4. The zero-order valence-electron chi connectivity index (χ0n) is 9.22. The van der Waals surface area contributed by atoms with Crippen molar-refractivity contribution in [2.75, 3.05) is 5.73 Å². The molecule has 2 aromatic rings. The molecule has 0 aliphatic carbocycles. The van der Waals surface area contributed by atoms with Crippen LogP contribution < -0.4 is 5.73 Å². The van der Waals surface area contributed by atoms with Crippen LogP contribution in [0.3, 0.4) is 0 Å². The Morgan fingerprint density at radius 3 is 3.06 bits per heavy atom. The summed E-state index contributed by atoms with van der Waals surface area (Å²) in [6.45, 7) is 2.56. The van der Waals surface area contributed by atoms with Crippen LogP contribution in [0, 0.1) is 0 Å². The lowest BCUT2D eigenvalue weighted by molar-refractivity contribution is 0.102. The first-order valence-electron chi connectivity index (χ1n) is 5.11. The van der Waals surface area contributed by atoms with Gasteiger partial charge in [-0.1, -0.05) is 0 Å². The normalized spacial score (nSPS) is 10.5. The molecule has 2 N–H and O–H groups in total. The Hall–Kier alpha value is -1.69. The number of carbonyl (C=O) groups excluding carboxylic acids is 1. The topological polar surface area (TPSA) is 73.8 Å². The minimum Gasteiger partial charge on any atom is -0.383 e. The maximum atomic E-state index is 12.3. The second-order valence-electron chi connectivity index (χ2n) is 3.45. The summed E-state index contributed by atoms with van der Waals surface area (Å²) >= 11 is 3.27. The summed E-state index contributed by atoms with van der Waals surface area (Å²) in [6, 6.07) is 3.34. The molecule has 0 fully saturated rings. The molecule has 2 rings (SSSR count). The van der Waals surface area contributed by atoms with Crippen LogP contribution in [0.4, 0.5) is 5.82 Å². The Labute approximate surface area is 107 Å². The molecular formula is C11H11BrN4O. The van der Waals surface area contributed by atoms with E-state index in [1.807, 2.05) is 6.92 Å². The molecule has 5 nitrogen and oxygen atoms in total. The van der Waals surface area contributed by atoms with Gasteiger partial charge in [0.2, 0.25) is 5.78 Å². The average Bonchev–Trinajstić information content (AvgIpc) is 2.79. The van der Waals surface area contributed by atoms with Gasteiger partial charge in [0.15, 0.2) is 0 Å². The Balaban J connectivity index is 2.47. The zero-order chi connectivity index (χ0) is 12.4. The van der Waals surface area contributed by atoms with Crippen molar-refractivity contribution in [3.8, 4) is 0 Å². The molecule has 0 amide bonds. The van der Waals surface area contributed by atoms with Gasteiger partial charge < -0.3 is 5.73 Å². The van der Waals surface area contributed by atoms with Crippen LogP contribution in [0.5, 0.6) is 0 Å². The lowest BCUT2D eigenvalue weighted by Gasteiger charge is -2.06. The van der Waals surface area contributed by atoms with Crippen molar-refractivity contribution in [1.29, 1.82) is 0 Å². The number of rotatable bonds is 3. The third-order valence-electron chi connectivity index (χ3n) is 2.38. The quantitative estimate of drug-likeness (QED) is 0.877. The molecular weight excluding hydrogens is 284 g/mol. The highest BCUT2D eigenvalue weighted by Crippen LogP contribution is 2.19. The lowest BCUT2D eigenvalue weighted by atomic mass is 10.1. The van der Waals surface area contributed by atoms with Crippen molar-refractivity contribution in [2.24, 2.45) is 0 Å². The highest BCUT2D eigenvalue weighted by atomic mass is 79.9. The number of halogens is 1. The Bertz CT molecular complexity index is 564. The van der Waals surface area contributed by atoms with E-state index in [1.54, 1.807) is 29.2 Å². The molecule has 17 heavy (non-hydrogen) atoms. The summed E-state index contributed by atoms with van der Waals surface area (Å²) in [7, 11) is 0. The fourth-order valence-corrected chi connectivity index (χ4v) is 1.88. The predicted octanol–water partition coefficient (Wildman–Crippen LogP) is 1.87. The van der Waals surface area contributed by atoms with Crippen LogP contribution in [-0.2, 0) is 6.54 Å². The van der Waals surface area contributed by atoms with Gasteiger partial charge in [-0.25, -0.2) is 4.98 Å². The molecule has 0 aliphatic heterocycles. The van der Waals surface area contributed by atoms with E-state index in [4.69, 9.17) is 5.73 Å².